The number of esters is 1. The molecule has 2 heterocycles. The third-order valence-electron chi connectivity index (χ3n) is 5.71. The predicted octanol–water partition coefficient (Wildman–Crippen LogP) is 3.24. The number of carbonyl (C=O) groups excluding carboxylic acids is 2. The number of carbonyl (C=O) groups is 2. The van der Waals surface area contributed by atoms with E-state index in [1.54, 1.807) is 24.0 Å². The summed E-state index contributed by atoms with van der Waals surface area (Å²) < 4.78 is 16.6. The van der Waals surface area contributed by atoms with E-state index in [4.69, 9.17) is 14.2 Å². The van der Waals surface area contributed by atoms with Crippen LogP contribution in [0.25, 0.3) is 0 Å². The van der Waals surface area contributed by atoms with E-state index in [0.717, 1.165) is 19.3 Å². The number of amides is 1. The van der Waals surface area contributed by atoms with Crippen LogP contribution in [0.5, 0.6) is 11.5 Å². The second-order valence-corrected chi connectivity index (χ2v) is 7.90. The Balaban J connectivity index is 1.25. The summed E-state index contributed by atoms with van der Waals surface area (Å²) in [5.74, 6) is 0.944. The topological polar surface area (TPSA) is 65.1 Å². The Morgan fingerprint density at radius 3 is 2.43 bits per heavy atom. The van der Waals surface area contributed by atoms with Gasteiger partial charge in [-0.15, -0.1) is 0 Å². The van der Waals surface area contributed by atoms with E-state index in [-0.39, 0.29) is 12.5 Å². The molecule has 2 aromatic carbocycles. The molecule has 1 fully saturated rings. The van der Waals surface area contributed by atoms with Crippen molar-refractivity contribution in [1.82, 2.24) is 4.90 Å². The van der Waals surface area contributed by atoms with Gasteiger partial charge in [0.15, 0.2) is 17.6 Å². The van der Waals surface area contributed by atoms with Crippen LogP contribution < -0.4 is 9.47 Å². The normalized spacial score (nSPS) is 19.8. The lowest BCUT2D eigenvalue weighted by Gasteiger charge is -2.34. The molecule has 2 atom stereocenters. The number of rotatable bonds is 5. The molecule has 1 saturated heterocycles. The highest BCUT2D eigenvalue weighted by Crippen LogP contribution is 2.31. The highest BCUT2D eigenvalue weighted by atomic mass is 16.6. The molecule has 1 amide bonds. The number of hydrogen-bond acceptors (Lipinski definition) is 5. The van der Waals surface area contributed by atoms with Crippen LogP contribution in [0.1, 0.15) is 25.3 Å². The number of benzene rings is 2. The van der Waals surface area contributed by atoms with Crippen molar-refractivity contribution in [2.45, 2.75) is 38.4 Å². The number of likely N-dealkylation sites (tertiary alicyclic amines) is 1. The highest BCUT2D eigenvalue weighted by molar-refractivity contribution is 5.85. The van der Waals surface area contributed by atoms with Crippen LogP contribution in [0.3, 0.4) is 0 Å². The summed E-state index contributed by atoms with van der Waals surface area (Å²) in [4.78, 5) is 27.0. The van der Waals surface area contributed by atoms with Crippen molar-refractivity contribution in [3.05, 3.63) is 60.2 Å². The summed E-state index contributed by atoms with van der Waals surface area (Å²) in [6, 6.07) is 17.6. The van der Waals surface area contributed by atoms with Crippen LogP contribution in [0.15, 0.2) is 54.6 Å². The Morgan fingerprint density at radius 2 is 1.70 bits per heavy atom. The average Bonchev–Trinajstić information content (AvgIpc) is 2.79. The Hall–Kier alpha value is -3.02. The summed E-state index contributed by atoms with van der Waals surface area (Å²) in [5.41, 5.74) is 1.33. The molecule has 0 saturated carbocycles. The monoisotopic (exact) mass is 409 g/mol. The average molecular weight is 409 g/mol. The van der Waals surface area contributed by atoms with Gasteiger partial charge in [0.2, 0.25) is 6.10 Å². The number of ether oxygens (including phenoxy) is 3. The molecular weight excluding hydrogens is 382 g/mol. The Kier molecular flexibility index (Phi) is 6.21. The van der Waals surface area contributed by atoms with Crippen molar-refractivity contribution in [3.63, 3.8) is 0 Å². The smallest absolute Gasteiger partial charge is 0.351 e. The van der Waals surface area contributed by atoms with Crippen LogP contribution in [0, 0.1) is 5.92 Å². The Bertz CT molecular complexity index is 876. The summed E-state index contributed by atoms with van der Waals surface area (Å²) in [5, 5.41) is 0. The number of para-hydroxylation sites is 2. The van der Waals surface area contributed by atoms with E-state index < -0.39 is 18.2 Å². The van der Waals surface area contributed by atoms with Gasteiger partial charge in [0.05, 0.1) is 0 Å². The minimum Gasteiger partial charge on any atom is -0.485 e. The molecular formula is C24H27NO5. The van der Waals surface area contributed by atoms with Gasteiger partial charge in [-0.05, 0) is 49.8 Å². The molecule has 0 bridgehead atoms. The van der Waals surface area contributed by atoms with E-state index >= 15 is 0 Å². The van der Waals surface area contributed by atoms with Crippen molar-refractivity contribution in [3.8, 4) is 11.5 Å². The van der Waals surface area contributed by atoms with E-state index in [1.807, 2.05) is 18.2 Å². The lowest BCUT2D eigenvalue weighted by Crippen LogP contribution is -2.46. The van der Waals surface area contributed by atoms with Gasteiger partial charge < -0.3 is 19.1 Å². The minimum atomic E-state index is -0.869. The number of nitrogens with zero attached hydrogens (tertiary/aromatic N) is 1. The zero-order valence-corrected chi connectivity index (χ0v) is 17.2. The highest BCUT2D eigenvalue weighted by Gasteiger charge is 2.33. The van der Waals surface area contributed by atoms with Crippen LogP contribution in [-0.4, -0.2) is 48.7 Å². The lowest BCUT2D eigenvalue weighted by atomic mass is 9.90. The van der Waals surface area contributed by atoms with Crippen LogP contribution in [-0.2, 0) is 20.7 Å². The summed E-state index contributed by atoms with van der Waals surface area (Å²) in [6.07, 6.45) is 1.24. The first-order valence-corrected chi connectivity index (χ1v) is 10.5. The maximum Gasteiger partial charge on any atom is 0.351 e. The van der Waals surface area contributed by atoms with Gasteiger partial charge in [0.25, 0.3) is 5.91 Å². The summed E-state index contributed by atoms with van der Waals surface area (Å²) in [7, 11) is 0. The van der Waals surface area contributed by atoms with Gasteiger partial charge in [0, 0.05) is 13.1 Å². The second kappa shape index (κ2) is 9.20. The Morgan fingerprint density at radius 1 is 1.03 bits per heavy atom. The van der Waals surface area contributed by atoms with Crippen molar-refractivity contribution < 1.29 is 23.8 Å². The van der Waals surface area contributed by atoms with E-state index in [1.165, 1.54) is 5.56 Å². The van der Waals surface area contributed by atoms with Gasteiger partial charge in [0.1, 0.15) is 6.61 Å². The van der Waals surface area contributed by atoms with E-state index in [9.17, 15) is 9.59 Å². The van der Waals surface area contributed by atoms with Gasteiger partial charge in [-0.1, -0.05) is 42.5 Å². The third-order valence-corrected chi connectivity index (χ3v) is 5.71. The molecule has 4 rings (SSSR count). The molecule has 2 aromatic rings. The first-order chi connectivity index (χ1) is 14.6. The van der Waals surface area contributed by atoms with Crippen LogP contribution in [0.4, 0.5) is 0 Å². The zero-order chi connectivity index (χ0) is 20.9. The van der Waals surface area contributed by atoms with Crippen molar-refractivity contribution >= 4 is 11.9 Å². The lowest BCUT2D eigenvalue weighted by molar-refractivity contribution is -0.167. The van der Waals surface area contributed by atoms with Gasteiger partial charge >= 0.3 is 5.97 Å². The molecule has 0 aromatic heterocycles. The predicted molar refractivity (Wildman–Crippen MR) is 111 cm³/mol. The van der Waals surface area contributed by atoms with E-state index in [2.05, 4.69) is 24.3 Å². The fraction of sp³-hybridized carbons (Fsp3) is 0.417. The van der Waals surface area contributed by atoms with Crippen molar-refractivity contribution in [1.29, 1.82) is 0 Å². The zero-order valence-electron chi connectivity index (χ0n) is 17.2. The second-order valence-electron chi connectivity index (χ2n) is 7.90. The molecule has 2 aliphatic rings. The van der Waals surface area contributed by atoms with Crippen LogP contribution in [0.2, 0.25) is 0 Å². The molecule has 0 aliphatic carbocycles. The third kappa shape index (κ3) is 4.75. The largest absolute Gasteiger partial charge is 0.485 e. The quantitative estimate of drug-likeness (QED) is 0.710. The molecule has 6 nitrogen and oxygen atoms in total. The molecule has 0 radical (unpaired) electrons. The first kappa shape index (κ1) is 20.3. The molecule has 0 N–H and O–H groups in total. The molecule has 158 valence electrons. The van der Waals surface area contributed by atoms with Crippen LogP contribution >= 0.6 is 0 Å². The number of fused-ring (bicyclic) bond motifs is 1. The van der Waals surface area contributed by atoms with Crippen molar-refractivity contribution in [2.75, 3.05) is 19.7 Å². The maximum atomic E-state index is 12.8. The number of hydrogen-bond donors (Lipinski definition) is 0. The SMILES string of the molecule is C[C@@H](OC(=O)[C@@H]1COc2ccccc2O1)C(=O)N1CCC(Cc2ccccc2)CC1. The van der Waals surface area contributed by atoms with Gasteiger partial charge in [-0.2, -0.15) is 0 Å². The number of piperidine rings is 1. The maximum absolute atomic E-state index is 12.8. The molecule has 0 spiro atoms. The van der Waals surface area contributed by atoms with Gasteiger partial charge in [-0.25, -0.2) is 4.79 Å². The molecule has 2 aliphatic heterocycles. The first-order valence-electron chi connectivity index (χ1n) is 10.5. The summed E-state index contributed by atoms with van der Waals surface area (Å²) in [6.45, 7) is 3.07. The summed E-state index contributed by atoms with van der Waals surface area (Å²) >= 11 is 0. The fourth-order valence-electron chi connectivity index (χ4n) is 4.00. The van der Waals surface area contributed by atoms with Crippen molar-refractivity contribution in [2.24, 2.45) is 5.92 Å². The molecule has 6 heteroatoms. The van der Waals surface area contributed by atoms with Gasteiger partial charge in [-0.3, -0.25) is 4.79 Å². The molecule has 0 unspecified atom stereocenters. The standard InChI is InChI=1S/C24H27NO5/c1-17(29-24(27)22-16-28-20-9-5-6-10-21(20)30-22)23(26)25-13-11-19(12-14-25)15-18-7-3-2-4-8-18/h2-10,17,19,22H,11-16H2,1H3/t17-,22+/m1/s1. The molecule has 30 heavy (non-hydrogen) atoms. The fourth-order valence-corrected chi connectivity index (χ4v) is 4.00. The minimum absolute atomic E-state index is 0.0711. The Labute approximate surface area is 176 Å². The van der Waals surface area contributed by atoms with E-state index in [0.29, 0.717) is 30.5 Å².